The molecule has 0 bridgehead atoms. The van der Waals surface area contributed by atoms with Crippen molar-refractivity contribution in [2.24, 2.45) is 5.73 Å². The lowest BCUT2D eigenvalue weighted by Crippen LogP contribution is -2.57. The smallest absolute Gasteiger partial charge is 0.0455 e. The molecular formula is C17H27N3. The van der Waals surface area contributed by atoms with E-state index in [1.807, 2.05) is 0 Å². The van der Waals surface area contributed by atoms with Crippen LogP contribution in [0.15, 0.2) is 24.3 Å². The van der Waals surface area contributed by atoms with E-state index in [4.69, 9.17) is 5.73 Å². The first-order valence-electron chi connectivity index (χ1n) is 7.98. The Kier molecular flexibility index (Phi) is 4.11. The summed E-state index contributed by atoms with van der Waals surface area (Å²) in [4.78, 5) is 5.15. The van der Waals surface area contributed by atoms with Gasteiger partial charge < -0.3 is 10.6 Å². The SMILES string of the molecule is CCC1CN(C2CCc3ccccc3C2N)CCN1C. The fraction of sp³-hybridized carbons (Fsp3) is 0.647. The van der Waals surface area contributed by atoms with E-state index in [9.17, 15) is 0 Å². The third kappa shape index (κ3) is 2.50. The third-order valence-electron chi connectivity index (χ3n) is 5.29. The molecule has 1 aliphatic heterocycles. The van der Waals surface area contributed by atoms with Crippen LogP contribution in [-0.2, 0) is 6.42 Å². The van der Waals surface area contributed by atoms with Crippen LogP contribution in [0, 0.1) is 0 Å². The van der Waals surface area contributed by atoms with Crippen LogP contribution in [0.3, 0.4) is 0 Å². The van der Waals surface area contributed by atoms with Crippen LogP contribution in [0.5, 0.6) is 0 Å². The highest BCUT2D eigenvalue weighted by Gasteiger charge is 2.34. The Bertz CT molecular complexity index is 459. The number of nitrogens with zero attached hydrogens (tertiary/aromatic N) is 2. The molecule has 1 aromatic carbocycles. The molecule has 0 amide bonds. The summed E-state index contributed by atoms with van der Waals surface area (Å²) in [6, 6.07) is 10.1. The van der Waals surface area contributed by atoms with Gasteiger partial charge in [-0.05, 0) is 37.4 Å². The Hall–Kier alpha value is -0.900. The van der Waals surface area contributed by atoms with E-state index in [1.165, 1.54) is 43.5 Å². The Morgan fingerprint density at radius 3 is 2.85 bits per heavy atom. The number of nitrogens with two attached hydrogens (primary N) is 1. The van der Waals surface area contributed by atoms with Gasteiger partial charge in [0, 0.05) is 37.8 Å². The molecule has 3 unspecified atom stereocenters. The van der Waals surface area contributed by atoms with Crippen molar-refractivity contribution in [1.29, 1.82) is 0 Å². The molecule has 0 spiro atoms. The van der Waals surface area contributed by atoms with Crippen LogP contribution in [0.2, 0.25) is 0 Å². The molecule has 20 heavy (non-hydrogen) atoms. The van der Waals surface area contributed by atoms with Crippen molar-refractivity contribution < 1.29 is 0 Å². The summed E-state index contributed by atoms with van der Waals surface area (Å²) in [7, 11) is 2.25. The molecule has 1 aliphatic carbocycles. The van der Waals surface area contributed by atoms with Gasteiger partial charge in [-0.25, -0.2) is 0 Å². The molecule has 2 N–H and O–H groups in total. The van der Waals surface area contributed by atoms with Crippen molar-refractivity contribution in [3.63, 3.8) is 0 Å². The molecule has 1 heterocycles. The van der Waals surface area contributed by atoms with Gasteiger partial charge in [-0.3, -0.25) is 4.90 Å². The number of fused-ring (bicyclic) bond motifs is 1. The van der Waals surface area contributed by atoms with Gasteiger partial charge in [-0.1, -0.05) is 31.2 Å². The van der Waals surface area contributed by atoms with E-state index in [0.29, 0.717) is 12.1 Å². The van der Waals surface area contributed by atoms with Gasteiger partial charge in [0.2, 0.25) is 0 Å². The van der Waals surface area contributed by atoms with E-state index >= 15 is 0 Å². The van der Waals surface area contributed by atoms with Crippen LogP contribution in [0.25, 0.3) is 0 Å². The van der Waals surface area contributed by atoms with Gasteiger partial charge in [0.15, 0.2) is 0 Å². The van der Waals surface area contributed by atoms with Gasteiger partial charge in [0.05, 0.1) is 0 Å². The fourth-order valence-corrected chi connectivity index (χ4v) is 3.90. The normalized spacial score (nSPS) is 32.0. The first-order chi connectivity index (χ1) is 9.70. The second-order valence-corrected chi connectivity index (χ2v) is 6.37. The maximum absolute atomic E-state index is 6.59. The first-order valence-corrected chi connectivity index (χ1v) is 7.98. The summed E-state index contributed by atoms with van der Waals surface area (Å²) in [5.74, 6) is 0. The predicted octanol–water partition coefficient (Wildman–Crippen LogP) is 2.03. The average Bonchev–Trinajstić information content (AvgIpc) is 2.49. The molecule has 0 radical (unpaired) electrons. The molecule has 3 nitrogen and oxygen atoms in total. The quantitative estimate of drug-likeness (QED) is 0.895. The van der Waals surface area contributed by atoms with E-state index in [0.717, 1.165) is 6.54 Å². The van der Waals surface area contributed by atoms with Gasteiger partial charge in [0.25, 0.3) is 0 Å². The van der Waals surface area contributed by atoms with Crippen LogP contribution >= 0.6 is 0 Å². The second kappa shape index (κ2) is 5.84. The zero-order valence-electron chi connectivity index (χ0n) is 12.8. The monoisotopic (exact) mass is 273 g/mol. The molecule has 1 saturated heterocycles. The minimum Gasteiger partial charge on any atom is -0.323 e. The van der Waals surface area contributed by atoms with Crippen molar-refractivity contribution in [1.82, 2.24) is 9.80 Å². The largest absolute Gasteiger partial charge is 0.323 e. The Balaban J connectivity index is 1.76. The molecule has 0 saturated carbocycles. The highest BCUT2D eigenvalue weighted by Crippen LogP contribution is 2.32. The highest BCUT2D eigenvalue weighted by atomic mass is 15.3. The van der Waals surface area contributed by atoms with Gasteiger partial charge in [-0.15, -0.1) is 0 Å². The van der Waals surface area contributed by atoms with Gasteiger partial charge >= 0.3 is 0 Å². The number of rotatable bonds is 2. The fourth-order valence-electron chi connectivity index (χ4n) is 3.90. The molecule has 1 aromatic rings. The number of aryl methyl sites for hydroxylation is 1. The van der Waals surface area contributed by atoms with Crippen molar-refractivity contribution in [3.05, 3.63) is 35.4 Å². The van der Waals surface area contributed by atoms with Crippen LogP contribution in [0.4, 0.5) is 0 Å². The molecule has 3 atom stereocenters. The van der Waals surface area contributed by atoms with Crippen LogP contribution < -0.4 is 5.73 Å². The Labute approximate surface area is 122 Å². The zero-order chi connectivity index (χ0) is 14.1. The van der Waals surface area contributed by atoms with Gasteiger partial charge in [0.1, 0.15) is 0 Å². The summed E-state index contributed by atoms with van der Waals surface area (Å²) in [6.07, 6.45) is 3.61. The van der Waals surface area contributed by atoms with Crippen LogP contribution in [-0.4, -0.2) is 48.6 Å². The maximum Gasteiger partial charge on any atom is 0.0455 e. The summed E-state index contributed by atoms with van der Waals surface area (Å²) in [6.45, 7) is 5.80. The average molecular weight is 273 g/mol. The second-order valence-electron chi connectivity index (χ2n) is 6.37. The minimum absolute atomic E-state index is 0.181. The Morgan fingerprint density at radius 2 is 2.05 bits per heavy atom. The van der Waals surface area contributed by atoms with Crippen molar-refractivity contribution >= 4 is 0 Å². The molecule has 1 fully saturated rings. The number of piperazine rings is 1. The van der Waals surface area contributed by atoms with Crippen molar-refractivity contribution in [2.45, 2.75) is 44.3 Å². The highest BCUT2D eigenvalue weighted by molar-refractivity contribution is 5.33. The molecule has 3 heteroatoms. The van der Waals surface area contributed by atoms with E-state index < -0.39 is 0 Å². The Morgan fingerprint density at radius 1 is 1.25 bits per heavy atom. The molecule has 0 aromatic heterocycles. The van der Waals surface area contributed by atoms with Gasteiger partial charge in [-0.2, -0.15) is 0 Å². The van der Waals surface area contributed by atoms with Crippen molar-refractivity contribution in [3.8, 4) is 0 Å². The minimum atomic E-state index is 0.181. The third-order valence-corrected chi connectivity index (χ3v) is 5.29. The first kappa shape index (κ1) is 14.1. The number of likely N-dealkylation sites (N-methyl/N-ethyl adjacent to an activating group) is 1. The summed E-state index contributed by atoms with van der Waals surface area (Å²) in [5, 5.41) is 0. The molecule has 2 aliphatic rings. The topological polar surface area (TPSA) is 32.5 Å². The molecule has 110 valence electrons. The molecule has 3 rings (SSSR count). The van der Waals surface area contributed by atoms with E-state index in [-0.39, 0.29) is 6.04 Å². The van der Waals surface area contributed by atoms with E-state index in [1.54, 1.807) is 0 Å². The lowest BCUT2D eigenvalue weighted by Gasteiger charge is -2.46. The maximum atomic E-state index is 6.59. The number of benzene rings is 1. The molecular weight excluding hydrogens is 246 g/mol. The lowest BCUT2D eigenvalue weighted by atomic mass is 9.83. The summed E-state index contributed by atoms with van der Waals surface area (Å²) >= 11 is 0. The number of hydrogen-bond acceptors (Lipinski definition) is 3. The summed E-state index contributed by atoms with van der Waals surface area (Å²) in [5.41, 5.74) is 9.41. The summed E-state index contributed by atoms with van der Waals surface area (Å²) < 4.78 is 0. The van der Waals surface area contributed by atoms with Crippen molar-refractivity contribution in [2.75, 3.05) is 26.7 Å². The lowest BCUT2D eigenvalue weighted by molar-refractivity contribution is 0.0478. The predicted molar refractivity (Wildman–Crippen MR) is 83.8 cm³/mol. The van der Waals surface area contributed by atoms with Crippen LogP contribution in [0.1, 0.15) is 36.9 Å². The van der Waals surface area contributed by atoms with E-state index in [2.05, 4.69) is 48.0 Å². The standard InChI is InChI=1S/C17H27N3/c1-3-14-12-20(11-10-19(14)2)16-9-8-13-6-4-5-7-15(13)17(16)18/h4-7,14,16-17H,3,8-12,18H2,1-2H3. The number of hydrogen-bond donors (Lipinski definition) is 1. The zero-order valence-corrected chi connectivity index (χ0v) is 12.8.